The van der Waals surface area contributed by atoms with E-state index in [4.69, 9.17) is 5.11 Å². The van der Waals surface area contributed by atoms with E-state index in [9.17, 15) is 4.79 Å². The average molecular weight is 273 g/mol. The van der Waals surface area contributed by atoms with Crippen molar-refractivity contribution in [2.75, 3.05) is 18.0 Å². The van der Waals surface area contributed by atoms with Crippen LogP contribution in [0.15, 0.2) is 24.5 Å². The molecule has 5 heteroatoms. The first-order valence-corrected chi connectivity index (χ1v) is 6.76. The van der Waals surface area contributed by atoms with Crippen molar-refractivity contribution in [2.45, 2.75) is 20.8 Å². The molecule has 0 aliphatic heterocycles. The number of hydrogen-bond acceptors (Lipinski definition) is 4. The molecule has 0 saturated carbocycles. The van der Waals surface area contributed by atoms with Crippen LogP contribution in [0.1, 0.15) is 31.1 Å². The van der Waals surface area contributed by atoms with Crippen molar-refractivity contribution in [1.29, 1.82) is 0 Å². The summed E-state index contributed by atoms with van der Waals surface area (Å²) in [5, 5.41) is 9.92. The fourth-order valence-electron chi connectivity index (χ4n) is 2.23. The molecule has 0 aliphatic carbocycles. The summed E-state index contributed by atoms with van der Waals surface area (Å²) in [6.45, 7) is 8.17. The molecule has 0 saturated heterocycles. The third-order valence-electron chi connectivity index (χ3n) is 3.13. The second-order valence-electron chi connectivity index (χ2n) is 5.17. The van der Waals surface area contributed by atoms with Gasteiger partial charge in [0.25, 0.3) is 0 Å². The predicted octanol–water partition coefficient (Wildman–Crippen LogP) is 2.81. The van der Waals surface area contributed by atoms with Gasteiger partial charge in [-0.2, -0.15) is 0 Å². The second-order valence-corrected chi connectivity index (χ2v) is 5.17. The van der Waals surface area contributed by atoms with E-state index in [1.165, 1.54) is 6.33 Å². The minimum Gasteiger partial charge on any atom is -0.478 e. The molecule has 0 aliphatic rings. The number of hydrogen-bond donors (Lipinski definition) is 1. The Morgan fingerprint density at radius 1 is 1.35 bits per heavy atom. The molecule has 20 heavy (non-hydrogen) atoms. The van der Waals surface area contributed by atoms with Crippen LogP contribution in [0.3, 0.4) is 0 Å². The monoisotopic (exact) mass is 273 g/mol. The minimum absolute atomic E-state index is 0.244. The Balaban J connectivity index is 2.51. The summed E-state index contributed by atoms with van der Waals surface area (Å²) < 4.78 is 0. The lowest BCUT2D eigenvalue weighted by molar-refractivity contribution is 0.0697. The van der Waals surface area contributed by atoms with E-state index in [1.807, 2.05) is 0 Å². The zero-order valence-corrected chi connectivity index (χ0v) is 12.0. The number of carboxylic acid groups (broad SMARTS) is 1. The predicted molar refractivity (Wildman–Crippen MR) is 79.2 cm³/mol. The van der Waals surface area contributed by atoms with Gasteiger partial charge in [0, 0.05) is 18.5 Å². The molecule has 2 aromatic rings. The van der Waals surface area contributed by atoms with E-state index >= 15 is 0 Å². The number of carbonyl (C=O) groups is 1. The smallest absolute Gasteiger partial charge is 0.335 e. The highest BCUT2D eigenvalue weighted by atomic mass is 16.4. The van der Waals surface area contributed by atoms with Gasteiger partial charge in [-0.15, -0.1) is 0 Å². The molecule has 1 N–H and O–H groups in total. The van der Waals surface area contributed by atoms with Gasteiger partial charge in [-0.25, -0.2) is 14.8 Å². The van der Waals surface area contributed by atoms with E-state index in [2.05, 4.69) is 35.6 Å². The van der Waals surface area contributed by atoms with E-state index in [0.717, 1.165) is 24.3 Å². The molecule has 0 atom stereocenters. The van der Waals surface area contributed by atoms with Gasteiger partial charge in [-0.1, -0.05) is 13.8 Å². The number of aromatic nitrogens is 2. The Morgan fingerprint density at radius 2 is 2.10 bits per heavy atom. The molecule has 0 bridgehead atoms. The van der Waals surface area contributed by atoms with Crippen LogP contribution in [0, 0.1) is 5.92 Å². The van der Waals surface area contributed by atoms with Gasteiger partial charge in [0.2, 0.25) is 0 Å². The Labute approximate surface area is 118 Å². The quantitative estimate of drug-likeness (QED) is 0.907. The maximum absolute atomic E-state index is 11.0. The maximum Gasteiger partial charge on any atom is 0.335 e. The Bertz CT molecular complexity index is 626. The van der Waals surface area contributed by atoms with E-state index in [-0.39, 0.29) is 5.56 Å². The summed E-state index contributed by atoms with van der Waals surface area (Å²) >= 11 is 0. The number of benzene rings is 1. The normalized spacial score (nSPS) is 11.0. The van der Waals surface area contributed by atoms with Gasteiger partial charge in [-0.05, 0) is 31.0 Å². The number of nitrogens with zero attached hydrogens (tertiary/aromatic N) is 3. The molecule has 2 rings (SSSR count). The molecule has 0 spiro atoms. The van der Waals surface area contributed by atoms with Crippen LogP contribution < -0.4 is 4.90 Å². The zero-order chi connectivity index (χ0) is 14.7. The fourth-order valence-corrected chi connectivity index (χ4v) is 2.23. The topological polar surface area (TPSA) is 66.3 Å². The fraction of sp³-hybridized carbons (Fsp3) is 0.400. The molecule has 1 aromatic carbocycles. The van der Waals surface area contributed by atoms with Crippen LogP contribution in [0.25, 0.3) is 10.9 Å². The van der Waals surface area contributed by atoms with Crippen LogP contribution in [0.4, 0.5) is 5.82 Å². The maximum atomic E-state index is 11.0. The first kappa shape index (κ1) is 14.2. The van der Waals surface area contributed by atoms with Crippen molar-refractivity contribution in [3.8, 4) is 0 Å². The lowest BCUT2D eigenvalue weighted by Gasteiger charge is -2.25. The molecule has 5 nitrogen and oxygen atoms in total. The Kier molecular flexibility index (Phi) is 4.17. The van der Waals surface area contributed by atoms with Crippen LogP contribution >= 0.6 is 0 Å². The minimum atomic E-state index is -0.943. The van der Waals surface area contributed by atoms with Gasteiger partial charge < -0.3 is 10.0 Å². The summed E-state index contributed by atoms with van der Waals surface area (Å²) in [6, 6.07) is 4.98. The summed E-state index contributed by atoms with van der Waals surface area (Å²) in [6.07, 6.45) is 1.49. The van der Waals surface area contributed by atoms with Crippen LogP contribution in [0.5, 0.6) is 0 Å². The van der Waals surface area contributed by atoms with Gasteiger partial charge in [0.05, 0.1) is 11.1 Å². The third kappa shape index (κ3) is 2.87. The van der Waals surface area contributed by atoms with Crippen molar-refractivity contribution in [2.24, 2.45) is 5.92 Å². The van der Waals surface area contributed by atoms with Gasteiger partial charge in [0.1, 0.15) is 12.1 Å². The molecule has 0 unspecified atom stereocenters. The molecule has 0 amide bonds. The van der Waals surface area contributed by atoms with Crippen LogP contribution in [-0.2, 0) is 0 Å². The van der Waals surface area contributed by atoms with Crippen molar-refractivity contribution in [3.05, 3.63) is 30.1 Å². The number of aromatic carboxylic acids is 1. The molecule has 0 radical (unpaired) electrons. The summed E-state index contributed by atoms with van der Waals surface area (Å²) in [5.41, 5.74) is 0.908. The summed E-state index contributed by atoms with van der Waals surface area (Å²) in [4.78, 5) is 21.8. The largest absolute Gasteiger partial charge is 0.478 e. The lowest BCUT2D eigenvalue weighted by atomic mass is 10.1. The van der Waals surface area contributed by atoms with E-state index < -0.39 is 5.97 Å². The van der Waals surface area contributed by atoms with Crippen LogP contribution in [-0.4, -0.2) is 34.1 Å². The molecule has 106 valence electrons. The molecule has 1 aromatic heterocycles. The van der Waals surface area contributed by atoms with Crippen molar-refractivity contribution < 1.29 is 9.90 Å². The highest BCUT2D eigenvalue weighted by molar-refractivity contribution is 5.96. The first-order chi connectivity index (χ1) is 9.52. The van der Waals surface area contributed by atoms with Gasteiger partial charge in [-0.3, -0.25) is 0 Å². The summed E-state index contributed by atoms with van der Waals surface area (Å²) in [5.74, 6) is 0.447. The van der Waals surface area contributed by atoms with Crippen molar-refractivity contribution >= 4 is 22.7 Å². The lowest BCUT2D eigenvalue weighted by Crippen LogP contribution is -2.28. The Morgan fingerprint density at radius 3 is 2.70 bits per heavy atom. The average Bonchev–Trinajstić information content (AvgIpc) is 2.43. The number of anilines is 1. The highest BCUT2D eigenvalue weighted by Gasteiger charge is 2.13. The second kappa shape index (κ2) is 5.86. The van der Waals surface area contributed by atoms with Crippen LogP contribution in [0.2, 0.25) is 0 Å². The third-order valence-corrected chi connectivity index (χ3v) is 3.13. The standard InChI is InChI=1S/C15H19N3O2/c1-4-18(8-10(2)3)14-12-6-5-11(15(19)20)7-13(12)16-9-17-14/h5-7,9-10H,4,8H2,1-3H3,(H,19,20). The zero-order valence-electron chi connectivity index (χ0n) is 12.0. The van der Waals surface area contributed by atoms with Crippen molar-refractivity contribution in [1.82, 2.24) is 9.97 Å². The van der Waals surface area contributed by atoms with E-state index in [0.29, 0.717) is 11.4 Å². The van der Waals surface area contributed by atoms with Crippen molar-refractivity contribution in [3.63, 3.8) is 0 Å². The number of rotatable bonds is 5. The van der Waals surface area contributed by atoms with Gasteiger partial charge in [0.15, 0.2) is 0 Å². The number of fused-ring (bicyclic) bond motifs is 1. The molecule has 0 fully saturated rings. The molecular formula is C15H19N3O2. The Hall–Kier alpha value is -2.17. The molecule has 1 heterocycles. The molecular weight excluding hydrogens is 254 g/mol. The van der Waals surface area contributed by atoms with E-state index in [1.54, 1.807) is 18.2 Å². The number of carboxylic acids is 1. The highest BCUT2D eigenvalue weighted by Crippen LogP contribution is 2.24. The summed E-state index contributed by atoms with van der Waals surface area (Å²) in [7, 11) is 0. The van der Waals surface area contributed by atoms with Gasteiger partial charge >= 0.3 is 5.97 Å². The first-order valence-electron chi connectivity index (χ1n) is 6.76. The SMILES string of the molecule is CCN(CC(C)C)c1ncnc2cc(C(=O)O)ccc12.